The minimum Gasteiger partial charge on any atom is -0.483 e. The molecule has 2 aromatic rings. The Balaban J connectivity index is 1.51. The van der Waals surface area contributed by atoms with Gasteiger partial charge in [0.2, 0.25) is 5.91 Å². The molecule has 3 rings (SSSR count). The second kappa shape index (κ2) is 7.60. The summed E-state index contributed by atoms with van der Waals surface area (Å²) >= 11 is 0. The van der Waals surface area contributed by atoms with E-state index in [1.54, 1.807) is 4.90 Å². The maximum atomic E-state index is 12.4. The predicted octanol–water partition coefficient (Wildman–Crippen LogP) is 2.70. The Morgan fingerprint density at radius 2 is 1.81 bits per heavy atom. The highest BCUT2D eigenvalue weighted by Crippen LogP contribution is 2.27. The summed E-state index contributed by atoms with van der Waals surface area (Å²) in [6, 6.07) is 11.9. The van der Waals surface area contributed by atoms with Crippen LogP contribution in [0.15, 0.2) is 36.4 Å². The van der Waals surface area contributed by atoms with Crippen molar-refractivity contribution in [1.82, 2.24) is 5.32 Å². The van der Waals surface area contributed by atoms with Gasteiger partial charge in [-0.05, 0) is 49.9 Å². The first-order chi connectivity index (χ1) is 12.5. The van der Waals surface area contributed by atoms with E-state index in [0.29, 0.717) is 6.54 Å². The molecule has 5 nitrogen and oxygen atoms in total. The molecule has 26 heavy (non-hydrogen) atoms. The van der Waals surface area contributed by atoms with E-state index in [0.717, 1.165) is 34.5 Å². The molecule has 0 aromatic heterocycles. The molecular formula is C21H24N2O3. The Bertz CT molecular complexity index is 822. The fraction of sp³-hybridized carbons (Fsp3) is 0.333. The van der Waals surface area contributed by atoms with Gasteiger partial charge in [-0.2, -0.15) is 0 Å². The maximum Gasteiger partial charge on any atom is 0.258 e. The van der Waals surface area contributed by atoms with Gasteiger partial charge in [-0.25, -0.2) is 0 Å². The van der Waals surface area contributed by atoms with E-state index >= 15 is 0 Å². The van der Waals surface area contributed by atoms with Crippen molar-refractivity contribution in [2.24, 2.45) is 0 Å². The smallest absolute Gasteiger partial charge is 0.258 e. The number of benzene rings is 2. The Morgan fingerprint density at radius 1 is 1.12 bits per heavy atom. The van der Waals surface area contributed by atoms with Crippen molar-refractivity contribution in [3.8, 4) is 5.75 Å². The Kier molecular flexibility index (Phi) is 5.26. The third-order valence-electron chi connectivity index (χ3n) is 4.58. The van der Waals surface area contributed by atoms with E-state index in [2.05, 4.69) is 5.32 Å². The molecule has 0 aliphatic carbocycles. The second-order valence-electron chi connectivity index (χ2n) is 6.72. The monoisotopic (exact) mass is 352 g/mol. The van der Waals surface area contributed by atoms with Gasteiger partial charge in [-0.3, -0.25) is 9.59 Å². The average Bonchev–Trinajstić information content (AvgIpc) is 3.03. The van der Waals surface area contributed by atoms with E-state index in [1.807, 2.05) is 57.2 Å². The van der Waals surface area contributed by atoms with Crippen LogP contribution in [0, 0.1) is 20.8 Å². The highest BCUT2D eigenvalue weighted by molar-refractivity contribution is 5.98. The van der Waals surface area contributed by atoms with Crippen molar-refractivity contribution in [3.05, 3.63) is 58.7 Å². The van der Waals surface area contributed by atoms with Crippen LogP contribution in [0.4, 0.5) is 5.69 Å². The van der Waals surface area contributed by atoms with Gasteiger partial charge >= 0.3 is 0 Å². The topological polar surface area (TPSA) is 58.6 Å². The molecule has 2 aromatic carbocycles. The van der Waals surface area contributed by atoms with E-state index in [9.17, 15) is 9.59 Å². The van der Waals surface area contributed by atoms with Gasteiger partial charge in [0.05, 0.1) is 6.54 Å². The molecule has 0 saturated carbocycles. The number of carbonyl (C=O) groups is 2. The van der Waals surface area contributed by atoms with Crippen LogP contribution in [0.2, 0.25) is 0 Å². The molecule has 1 aliphatic heterocycles. The zero-order chi connectivity index (χ0) is 18.7. The fourth-order valence-electron chi connectivity index (χ4n) is 3.45. The van der Waals surface area contributed by atoms with Gasteiger partial charge in [0.1, 0.15) is 5.75 Å². The van der Waals surface area contributed by atoms with Crippen LogP contribution < -0.4 is 15.0 Å². The largest absolute Gasteiger partial charge is 0.483 e. The summed E-state index contributed by atoms with van der Waals surface area (Å²) < 4.78 is 5.66. The average molecular weight is 352 g/mol. The van der Waals surface area contributed by atoms with Crippen LogP contribution in [-0.2, 0) is 16.0 Å². The number of hydrogen-bond acceptors (Lipinski definition) is 3. The summed E-state index contributed by atoms with van der Waals surface area (Å²) in [5.74, 6) is 0.321. The first kappa shape index (κ1) is 18.0. The minimum absolute atomic E-state index is 0.0254. The first-order valence-electron chi connectivity index (χ1n) is 8.81. The number of nitrogens with zero attached hydrogens (tertiary/aromatic N) is 1. The van der Waals surface area contributed by atoms with Gasteiger partial charge < -0.3 is 15.0 Å². The Hall–Kier alpha value is -2.82. The van der Waals surface area contributed by atoms with Crippen LogP contribution in [-0.4, -0.2) is 31.5 Å². The lowest BCUT2D eigenvalue weighted by Crippen LogP contribution is -2.41. The number of carbonyl (C=O) groups excluding carboxylic acids is 2. The van der Waals surface area contributed by atoms with Crippen LogP contribution in [0.5, 0.6) is 5.75 Å². The maximum absolute atomic E-state index is 12.4. The van der Waals surface area contributed by atoms with Crippen LogP contribution in [0.25, 0.3) is 0 Å². The summed E-state index contributed by atoms with van der Waals surface area (Å²) in [5.41, 5.74) is 5.27. The molecule has 2 amide bonds. The summed E-state index contributed by atoms with van der Waals surface area (Å²) in [4.78, 5) is 26.2. The first-order valence-corrected chi connectivity index (χ1v) is 8.81. The Morgan fingerprint density at radius 3 is 2.54 bits per heavy atom. The highest BCUT2D eigenvalue weighted by atomic mass is 16.5. The van der Waals surface area contributed by atoms with Gasteiger partial charge in [0.15, 0.2) is 6.61 Å². The van der Waals surface area contributed by atoms with Crippen molar-refractivity contribution in [2.45, 2.75) is 27.2 Å². The molecule has 0 bridgehead atoms. The van der Waals surface area contributed by atoms with Crippen molar-refractivity contribution in [2.75, 3.05) is 24.6 Å². The predicted molar refractivity (Wildman–Crippen MR) is 102 cm³/mol. The van der Waals surface area contributed by atoms with Gasteiger partial charge in [-0.15, -0.1) is 0 Å². The zero-order valence-electron chi connectivity index (χ0n) is 15.5. The van der Waals surface area contributed by atoms with E-state index in [4.69, 9.17) is 4.74 Å². The fourth-order valence-corrected chi connectivity index (χ4v) is 3.45. The van der Waals surface area contributed by atoms with Crippen molar-refractivity contribution in [1.29, 1.82) is 0 Å². The van der Waals surface area contributed by atoms with Crippen molar-refractivity contribution < 1.29 is 14.3 Å². The molecule has 1 heterocycles. The van der Waals surface area contributed by atoms with E-state index in [1.165, 1.54) is 5.56 Å². The molecule has 5 heteroatoms. The van der Waals surface area contributed by atoms with E-state index < -0.39 is 0 Å². The number of rotatable bonds is 5. The number of para-hydroxylation sites is 1. The quantitative estimate of drug-likeness (QED) is 0.900. The molecule has 0 atom stereocenters. The number of ether oxygens (including phenoxy) is 1. The summed E-state index contributed by atoms with van der Waals surface area (Å²) in [6.07, 6.45) is 0.852. The molecular weight excluding hydrogens is 328 g/mol. The molecule has 0 saturated heterocycles. The highest BCUT2D eigenvalue weighted by Gasteiger charge is 2.24. The molecule has 0 fully saturated rings. The lowest BCUT2D eigenvalue weighted by molar-refractivity contribution is -0.126. The Labute approximate surface area is 154 Å². The number of anilines is 1. The van der Waals surface area contributed by atoms with Crippen LogP contribution >= 0.6 is 0 Å². The molecule has 1 aliphatic rings. The number of amides is 2. The molecule has 0 radical (unpaired) electrons. The zero-order valence-corrected chi connectivity index (χ0v) is 15.5. The lowest BCUT2D eigenvalue weighted by Gasteiger charge is -2.18. The third kappa shape index (κ3) is 3.87. The minimum atomic E-state index is -0.301. The number of aryl methyl sites for hydroxylation is 3. The molecule has 1 N–H and O–H groups in total. The van der Waals surface area contributed by atoms with Crippen molar-refractivity contribution in [3.63, 3.8) is 0 Å². The summed E-state index contributed by atoms with van der Waals surface area (Å²) in [6.45, 7) is 6.48. The molecule has 0 unspecified atom stereocenters. The van der Waals surface area contributed by atoms with E-state index in [-0.39, 0.29) is 25.0 Å². The third-order valence-corrected chi connectivity index (χ3v) is 4.58. The van der Waals surface area contributed by atoms with Crippen LogP contribution in [0.1, 0.15) is 22.3 Å². The van der Waals surface area contributed by atoms with Gasteiger partial charge in [0, 0.05) is 12.2 Å². The molecule has 136 valence electrons. The van der Waals surface area contributed by atoms with Gasteiger partial charge in [-0.1, -0.05) is 35.9 Å². The summed E-state index contributed by atoms with van der Waals surface area (Å²) in [7, 11) is 0. The van der Waals surface area contributed by atoms with Crippen LogP contribution in [0.3, 0.4) is 0 Å². The molecule has 0 spiro atoms. The lowest BCUT2D eigenvalue weighted by atomic mass is 10.1. The SMILES string of the molecule is Cc1cc(C)c(OCC(=O)NCC(=O)N2CCc3ccccc32)c(C)c1. The summed E-state index contributed by atoms with van der Waals surface area (Å²) in [5, 5.41) is 2.66. The van der Waals surface area contributed by atoms with Crippen molar-refractivity contribution >= 4 is 17.5 Å². The standard InChI is InChI=1S/C21H24N2O3/c1-14-10-15(2)21(16(3)11-14)26-13-19(24)22-12-20(25)23-9-8-17-6-4-5-7-18(17)23/h4-7,10-11H,8-9,12-13H2,1-3H3,(H,22,24). The number of hydrogen-bond donors (Lipinski definition) is 1. The number of fused-ring (bicyclic) bond motifs is 1. The van der Waals surface area contributed by atoms with Gasteiger partial charge in [0.25, 0.3) is 5.91 Å². The second-order valence-corrected chi connectivity index (χ2v) is 6.72. The normalized spacial score (nSPS) is 12.7. The number of nitrogens with one attached hydrogen (secondary N) is 1.